The number of fused-ring (bicyclic) bond motifs is 1. The Bertz CT molecular complexity index is 908. The number of rotatable bonds is 6. The van der Waals surface area contributed by atoms with Gasteiger partial charge >= 0.3 is 0 Å². The molecule has 0 aliphatic carbocycles. The van der Waals surface area contributed by atoms with E-state index in [1.54, 1.807) is 6.33 Å². The fourth-order valence-electron chi connectivity index (χ4n) is 4.39. The van der Waals surface area contributed by atoms with Crippen molar-refractivity contribution in [2.45, 2.75) is 31.8 Å². The van der Waals surface area contributed by atoms with E-state index in [1.807, 2.05) is 29.8 Å². The molecule has 5 heterocycles. The highest BCUT2D eigenvalue weighted by molar-refractivity contribution is 7.09. The highest BCUT2D eigenvalue weighted by atomic mass is 32.1. The molecule has 1 saturated heterocycles. The highest BCUT2D eigenvalue weighted by Gasteiger charge is 2.34. The van der Waals surface area contributed by atoms with Gasteiger partial charge in [0.25, 0.3) is 0 Å². The first kappa shape index (κ1) is 18.5. The number of nitrogens with zero attached hydrogens (tertiary/aromatic N) is 6. The lowest BCUT2D eigenvalue weighted by Crippen LogP contribution is -2.46. The van der Waals surface area contributed by atoms with Gasteiger partial charge in [-0.2, -0.15) is 0 Å². The van der Waals surface area contributed by atoms with Crippen molar-refractivity contribution in [1.82, 2.24) is 19.9 Å². The van der Waals surface area contributed by atoms with E-state index in [1.165, 1.54) is 29.1 Å². The van der Waals surface area contributed by atoms with Gasteiger partial charge in [-0.3, -0.25) is 4.98 Å². The largest absolute Gasteiger partial charge is 0.346 e. The maximum atomic E-state index is 4.60. The van der Waals surface area contributed by atoms with Crippen LogP contribution in [0.25, 0.3) is 0 Å². The first-order valence-corrected chi connectivity index (χ1v) is 11.2. The summed E-state index contributed by atoms with van der Waals surface area (Å²) in [5, 5.41) is 2.14. The second-order valence-corrected chi connectivity index (χ2v) is 8.80. The molecule has 3 aromatic rings. The number of piperidine rings is 1. The fourth-order valence-corrected chi connectivity index (χ4v) is 5.11. The molecule has 2 aliphatic heterocycles. The number of thiophene rings is 1. The van der Waals surface area contributed by atoms with Crippen molar-refractivity contribution in [3.8, 4) is 0 Å². The molecule has 0 unspecified atom stereocenters. The van der Waals surface area contributed by atoms with E-state index in [2.05, 4.69) is 59.3 Å². The molecule has 29 heavy (non-hydrogen) atoms. The van der Waals surface area contributed by atoms with Crippen LogP contribution in [0.4, 0.5) is 11.5 Å². The molecule has 5 rings (SSSR count). The summed E-state index contributed by atoms with van der Waals surface area (Å²) in [4.78, 5) is 22.2. The maximum Gasteiger partial charge on any atom is 0.157 e. The minimum Gasteiger partial charge on any atom is -0.346 e. The standard InChI is InChI=1S/C22H26N6S/c1-2-9-24-18(4-1)6-10-26-11-7-19(8-12-26)28-17-27(15-20-5-3-13-29-20)22-21(28)14-23-16-25-22/h1-5,9,13-14,16,19H,6-8,10-12,15,17H2. The molecule has 150 valence electrons. The van der Waals surface area contributed by atoms with Crippen LogP contribution < -0.4 is 9.80 Å². The monoisotopic (exact) mass is 406 g/mol. The summed E-state index contributed by atoms with van der Waals surface area (Å²) in [6.07, 6.45) is 8.94. The summed E-state index contributed by atoms with van der Waals surface area (Å²) >= 11 is 1.81. The van der Waals surface area contributed by atoms with E-state index in [0.29, 0.717) is 6.04 Å². The SMILES string of the molecule is c1ccc(CCN2CCC(N3CN(Cc4cccs4)c4ncncc43)CC2)nc1. The molecule has 0 spiro atoms. The lowest BCUT2D eigenvalue weighted by atomic mass is 10.0. The summed E-state index contributed by atoms with van der Waals surface area (Å²) in [5.74, 6) is 1.07. The third kappa shape index (κ3) is 4.11. The zero-order valence-electron chi connectivity index (χ0n) is 16.5. The Labute approximate surface area is 175 Å². The quantitative estimate of drug-likeness (QED) is 0.625. The van der Waals surface area contributed by atoms with Crippen LogP contribution in [0.5, 0.6) is 0 Å². The van der Waals surface area contributed by atoms with Gasteiger partial charge in [0, 0.05) is 48.9 Å². The van der Waals surface area contributed by atoms with E-state index in [-0.39, 0.29) is 0 Å². The summed E-state index contributed by atoms with van der Waals surface area (Å²) in [5.41, 5.74) is 2.38. The molecular weight excluding hydrogens is 380 g/mol. The van der Waals surface area contributed by atoms with E-state index in [9.17, 15) is 0 Å². The average molecular weight is 407 g/mol. The molecule has 6 nitrogen and oxygen atoms in total. The van der Waals surface area contributed by atoms with Gasteiger partial charge in [0.05, 0.1) is 19.4 Å². The third-order valence-corrected chi connectivity index (χ3v) is 6.80. The maximum absolute atomic E-state index is 4.60. The van der Waals surface area contributed by atoms with Crippen molar-refractivity contribution in [2.24, 2.45) is 0 Å². The van der Waals surface area contributed by atoms with Crippen molar-refractivity contribution in [1.29, 1.82) is 0 Å². The second kappa shape index (κ2) is 8.47. The topological polar surface area (TPSA) is 48.4 Å². The number of aromatic nitrogens is 3. The Morgan fingerprint density at radius 3 is 2.79 bits per heavy atom. The highest BCUT2D eigenvalue weighted by Crippen LogP contribution is 2.37. The predicted molar refractivity (Wildman–Crippen MR) is 117 cm³/mol. The first-order valence-electron chi connectivity index (χ1n) is 10.3. The van der Waals surface area contributed by atoms with Gasteiger partial charge in [-0.1, -0.05) is 12.1 Å². The van der Waals surface area contributed by atoms with Crippen molar-refractivity contribution in [3.63, 3.8) is 0 Å². The lowest BCUT2D eigenvalue weighted by molar-refractivity contribution is 0.211. The van der Waals surface area contributed by atoms with Crippen LogP contribution in [0.15, 0.2) is 54.4 Å². The molecule has 0 saturated carbocycles. The Kier molecular flexibility index (Phi) is 5.41. The summed E-state index contributed by atoms with van der Waals surface area (Å²) in [6, 6.07) is 11.1. The van der Waals surface area contributed by atoms with Crippen molar-refractivity contribution in [2.75, 3.05) is 36.1 Å². The molecule has 7 heteroatoms. The Morgan fingerprint density at radius 1 is 1.07 bits per heavy atom. The Morgan fingerprint density at radius 2 is 2.00 bits per heavy atom. The van der Waals surface area contributed by atoms with Crippen LogP contribution in [0.1, 0.15) is 23.4 Å². The lowest BCUT2D eigenvalue weighted by Gasteiger charge is -2.37. The molecule has 2 aliphatic rings. The smallest absolute Gasteiger partial charge is 0.157 e. The number of pyridine rings is 1. The molecule has 0 amide bonds. The molecule has 0 bridgehead atoms. The van der Waals surface area contributed by atoms with Crippen LogP contribution in [0.3, 0.4) is 0 Å². The molecule has 1 fully saturated rings. The zero-order valence-corrected chi connectivity index (χ0v) is 17.3. The minimum atomic E-state index is 0.555. The summed E-state index contributed by atoms with van der Waals surface area (Å²) in [7, 11) is 0. The van der Waals surface area contributed by atoms with Crippen LogP contribution in [-0.2, 0) is 13.0 Å². The number of anilines is 2. The molecule has 0 aromatic carbocycles. The Balaban J connectivity index is 1.20. The van der Waals surface area contributed by atoms with Gasteiger partial charge in [-0.15, -0.1) is 11.3 Å². The van der Waals surface area contributed by atoms with Crippen LogP contribution in [-0.4, -0.2) is 52.2 Å². The average Bonchev–Trinajstić information content (AvgIpc) is 3.42. The van der Waals surface area contributed by atoms with Gasteiger partial charge in [0.1, 0.15) is 12.0 Å². The summed E-state index contributed by atoms with van der Waals surface area (Å²) in [6.45, 7) is 5.20. The number of likely N-dealkylation sites (tertiary alicyclic amines) is 1. The molecular formula is C22H26N6S. The van der Waals surface area contributed by atoms with Crippen LogP contribution >= 0.6 is 11.3 Å². The predicted octanol–water partition coefficient (Wildman–Crippen LogP) is 3.42. The van der Waals surface area contributed by atoms with Gasteiger partial charge < -0.3 is 14.7 Å². The minimum absolute atomic E-state index is 0.555. The van der Waals surface area contributed by atoms with Crippen LogP contribution in [0.2, 0.25) is 0 Å². The van der Waals surface area contributed by atoms with Crippen LogP contribution in [0, 0.1) is 0 Å². The molecule has 3 aromatic heterocycles. The van der Waals surface area contributed by atoms with Crippen molar-refractivity contribution in [3.05, 3.63) is 65.0 Å². The fraction of sp³-hybridized carbons (Fsp3) is 0.409. The van der Waals surface area contributed by atoms with Crippen molar-refractivity contribution >= 4 is 22.8 Å². The van der Waals surface area contributed by atoms with Gasteiger partial charge in [0.2, 0.25) is 0 Å². The van der Waals surface area contributed by atoms with E-state index >= 15 is 0 Å². The molecule has 0 radical (unpaired) electrons. The van der Waals surface area contributed by atoms with Crippen molar-refractivity contribution < 1.29 is 0 Å². The van der Waals surface area contributed by atoms with E-state index in [0.717, 1.165) is 45.1 Å². The number of hydrogen-bond acceptors (Lipinski definition) is 7. The van der Waals surface area contributed by atoms with E-state index < -0.39 is 0 Å². The zero-order chi connectivity index (χ0) is 19.5. The van der Waals surface area contributed by atoms with Gasteiger partial charge in [0.15, 0.2) is 5.82 Å². The van der Waals surface area contributed by atoms with E-state index in [4.69, 9.17) is 0 Å². The number of hydrogen-bond donors (Lipinski definition) is 0. The second-order valence-electron chi connectivity index (χ2n) is 7.76. The first-order chi connectivity index (χ1) is 14.4. The van der Waals surface area contributed by atoms with Gasteiger partial charge in [-0.25, -0.2) is 9.97 Å². The third-order valence-electron chi connectivity index (χ3n) is 5.94. The molecule has 0 atom stereocenters. The normalized spacial score (nSPS) is 17.7. The Hall–Kier alpha value is -2.51. The van der Waals surface area contributed by atoms with Gasteiger partial charge in [-0.05, 0) is 36.4 Å². The summed E-state index contributed by atoms with van der Waals surface area (Å²) < 4.78 is 0. The molecule has 0 N–H and O–H groups in total.